The van der Waals surface area contributed by atoms with Gasteiger partial charge in [-0.3, -0.25) is 0 Å². The Labute approximate surface area is 102 Å². The SMILES string of the molecule is CC(C)c1cc(C(C)(C)C)cc(C(=O)O)c1O. The van der Waals surface area contributed by atoms with Gasteiger partial charge in [0, 0.05) is 0 Å². The third-order valence-electron chi connectivity index (χ3n) is 2.86. The molecule has 0 amide bonds. The Bertz CT molecular complexity index is 440. The second kappa shape index (κ2) is 4.40. The van der Waals surface area contributed by atoms with E-state index in [-0.39, 0.29) is 22.6 Å². The van der Waals surface area contributed by atoms with Crippen LogP contribution in [0.3, 0.4) is 0 Å². The highest BCUT2D eigenvalue weighted by Crippen LogP contribution is 2.34. The van der Waals surface area contributed by atoms with Crippen LogP contribution in [0.5, 0.6) is 5.75 Å². The Morgan fingerprint density at radius 2 is 1.76 bits per heavy atom. The third kappa shape index (κ3) is 2.78. The van der Waals surface area contributed by atoms with Crippen LogP contribution in [0.15, 0.2) is 12.1 Å². The van der Waals surface area contributed by atoms with E-state index >= 15 is 0 Å². The molecule has 1 aromatic rings. The van der Waals surface area contributed by atoms with E-state index in [1.165, 1.54) is 0 Å². The molecule has 0 aliphatic rings. The molecule has 0 aliphatic carbocycles. The van der Waals surface area contributed by atoms with E-state index in [0.29, 0.717) is 5.56 Å². The maximum Gasteiger partial charge on any atom is 0.339 e. The minimum Gasteiger partial charge on any atom is -0.507 e. The van der Waals surface area contributed by atoms with Crippen molar-refractivity contribution in [2.75, 3.05) is 0 Å². The normalized spacial score (nSPS) is 11.9. The molecule has 0 aliphatic heterocycles. The van der Waals surface area contributed by atoms with Crippen molar-refractivity contribution in [3.05, 3.63) is 28.8 Å². The summed E-state index contributed by atoms with van der Waals surface area (Å²) in [5, 5.41) is 19.0. The van der Waals surface area contributed by atoms with Crippen molar-refractivity contribution < 1.29 is 15.0 Å². The number of carboxylic acid groups (broad SMARTS) is 1. The molecule has 0 atom stereocenters. The average molecular weight is 236 g/mol. The Morgan fingerprint density at radius 1 is 1.24 bits per heavy atom. The molecule has 17 heavy (non-hydrogen) atoms. The number of carbonyl (C=O) groups is 1. The zero-order valence-electron chi connectivity index (χ0n) is 11.0. The fraction of sp³-hybridized carbons (Fsp3) is 0.500. The molecular formula is C14H20O3. The first-order valence-electron chi connectivity index (χ1n) is 5.75. The van der Waals surface area contributed by atoms with Crippen molar-refractivity contribution in [2.45, 2.75) is 46.0 Å². The summed E-state index contributed by atoms with van der Waals surface area (Å²) in [5.74, 6) is -1.11. The summed E-state index contributed by atoms with van der Waals surface area (Å²) in [6.45, 7) is 9.94. The molecule has 3 heteroatoms. The minimum absolute atomic E-state index is 0.0128. The van der Waals surface area contributed by atoms with E-state index in [1.807, 2.05) is 40.7 Å². The van der Waals surface area contributed by atoms with Gasteiger partial charge in [-0.2, -0.15) is 0 Å². The van der Waals surface area contributed by atoms with E-state index in [1.54, 1.807) is 6.07 Å². The quantitative estimate of drug-likeness (QED) is 0.826. The average Bonchev–Trinajstić information content (AvgIpc) is 2.14. The number of hydrogen-bond acceptors (Lipinski definition) is 2. The zero-order valence-corrected chi connectivity index (χ0v) is 11.0. The lowest BCUT2D eigenvalue weighted by atomic mass is 9.83. The molecule has 0 bridgehead atoms. The van der Waals surface area contributed by atoms with Gasteiger partial charge in [0.2, 0.25) is 0 Å². The topological polar surface area (TPSA) is 57.5 Å². The Hall–Kier alpha value is -1.51. The maximum atomic E-state index is 11.1. The van der Waals surface area contributed by atoms with Crippen molar-refractivity contribution in [1.82, 2.24) is 0 Å². The predicted molar refractivity (Wildman–Crippen MR) is 67.9 cm³/mol. The number of aromatic carboxylic acids is 1. The fourth-order valence-corrected chi connectivity index (χ4v) is 1.69. The van der Waals surface area contributed by atoms with Gasteiger partial charge in [-0.05, 0) is 28.5 Å². The van der Waals surface area contributed by atoms with Crippen molar-refractivity contribution in [3.8, 4) is 5.75 Å². The highest BCUT2D eigenvalue weighted by Gasteiger charge is 2.22. The summed E-state index contributed by atoms with van der Waals surface area (Å²) >= 11 is 0. The van der Waals surface area contributed by atoms with Crippen molar-refractivity contribution >= 4 is 5.97 Å². The summed E-state index contributed by atoms with van der Waals surface area (Å²) < 4.78 is 0. The first-order valence-corrected chi connectivity index (χ1v) is 5.75. The van der Waals surface area contributed by atoms with Crippen molar-refractivity contribution in [2.24, 2.45) is 0 Å². The molecule has 1 rings (SSSR count). The summed E-state index contributed by atoms with van der Waals surface area (Å²) in [7, 11) is 0. The van der Waals surface area contributed by atoms with Gasteiger partial charge < -0.3 is 10.2 Å². The third-order valence-corrected chi connectivity index (χ3v) is 2.86. The molecule has 0 spiro atoms. The molecule has 0 saturated carbocycles. The van der Waals surface area contributed by atoms with E-state index < -0.39 is 5.97 Å². The minimum atomic E-state index is -1.09. The van der Waals surface area contributed by atoms with Crippen LogP contribution in [-0.2, 0) is 5.41 Å². The van der Waals surface area contributed by atoms with Gasteiger partial charge in [0.25, 0.3) is 0 Å². The number of aromatic hydroxyl groups is 1. The highest BCUT2D eigenvalue weighted by molar-refractivity contribution is 5.91. The smallest absolute Gasteiger partial charge is 0.339 e. The lowest BCUT2D eigenvalue weighted by molar-refractivity contribution is 0.0693. The van der Waals surface area contributed by atoms with Crippen LogP contribution in [0.4, 0.5) is 0 Å². The van der Waals surface area contributed by atoms with Crippen LogP contribution in [0.1, 0.15) is 62.0 Å². The summed E-state index contributed by atoms with van der Waals surface area (Å²) in [5.41, 5.74) is 1.47. The van der Waals surface area contributed by atoms with Crippen LogP contribution in [0.25, 0.3) is 0 Å². The Morgan fingerprint density at radius 3 is 2.12 bits per heavy atom. The molecule has 1 aromatic carbocycles. The summed E-state index contributed by atoms with van der Waals surface area (Å²) in [6, 6.07) is 3.45. The molecule has 0 fully saturated rings. The second-order valence-corrected chi connectivity index (χ2v) is 5.67. The first-order chi connectivity index (χ1) is 7.64. The number of benzene rings is 1. The van der Waals surface area contributed by atoms with Crippen LogP contribution in [0.2, 0.25) is 0 Å². The molecule has 0 radical (unpaired) electrons. The number of rotatable bonds is 2. The lowest BCUT2D eigenvalue weighted by Crippen LogP contribution is -2.14. The van der Waals surface area contributed by atoms with Gasteiger partial charge in [-0.1, -0.05) is 40.7 Å². The highest BCUT2D eigenvalue weighted by atomic mass is 16.4. The predicted octanol–water partition coefficient (Wildman–Crippen LogP) is 3.51. The number of phenols is 1. The molecule has 0 aromatic heterocycles. The summed E-state index contributed by atoms with van der Waals surface area (Å²) in [6.07, 6.45) is 0. The van der Waals surface area contributed by atoms with Gasteiger partial charge >= 0.3 is 5.97 Å². The molecule has 2 N–H and O–H groups in total. The Kier molecular flexibility index (Phi) is 3.51. The van der Waals surface area contributed by atoms with E-state index in [0.717, 1.165) is 5.56 Å². The van der Waals surface area contributed by atoms with E-state index in [2.05, 4.69) is 0 Å². The fourth-order valence-electron chi connectivity index (χ4n) is 1.69. The molecule has 3 nitrogen and oxygen atoms in total. The van der Waals surface area contributed by atoms with Gasteiger partial charge in [0.1, 0.15) is 11.3 Å². The van der Waals surface area contributed by atoms with Crippen molar-refractivity contribution in [1.29, 1.82) is 0 Å². The second-order valence-electron chi connectivity index (χ2n) is 5.67. The maximum absolute atomic E-state index is 11.1. The van der Waals surface area contributed by atoms with Gasteiger partial charge in [-0.15, -0.1) is 0 Å². The molecule has 0 saturated heterocycles. The Balaban J connectivity index is 3.53. The van der Waals surface area contributed by atoms with Crippen molar-refractivity contribution in [3.63, 3.8) is 0 Å². The molecule has 94 valence electrons. The standard InChI is InChI=1S/C14H20O3/c1-8(2)10-6-9(14(3,4)5)7-11(12(10)15)13(16)17/h6-8,15H,1-5H3,(H,16,17). The van der Waals surface area contributed by atoms with Crippen LogP contribution in [-0.4, -0.2) is 16.2 Å². The van der Waals surface area contributed by atoms with Gasteiger partial charge in [0.05, 0.1) is 0 Å². The van der Waals surface area contributed by atoms with E-state index in [4.69, 9.17) is 5.11 Å². The lowest BCUT2D eigenvalue weighted by Gasteiger charge is -2.22. The molecular weight excluding hydrogens is 216 g/mol. The number of carboxylic acids is 1. The molecule has 0 heterocycles. The van der Waals surface area contributed by atoms with Gasteiger partial charge in [-0.25, -0.2) is 4.79 Å². The van der Waals surface area contributed by atoms with Gasteiger partial charge in [0.15, 0.2) is 0 Å². The monoisotopic (exact) mass is 236 g/mol. The summed E-state index contributed by atoms with van der Waals surface area (Å²) in [4.78, 5) is 11.1. The number of hydrogen-bond donors (Lipinski definition) is 2. The van der Waals surface area contributed by atoms with Crippen LogP contribution < -0.4 is 0 Å². The largest absolute Gasteiger partial charge is 0.507 e. The van der Waals surface area contributed by atoms with Crippen LogP contribution in [0, 0.1) is 0 Å². The first kappa shape index (κ1) is 13.6. The van der Waals surface area contributed by atoms with E-state index in [9.17, 15) is 9.90 Å². The van der Waals surface area contributed by atoms with Crippen LogP contribution >= 0.6 is 0 Å². The molecule has 0 unspecified atom stereocenters. The zero-order chi connectivity index (χ0) is 13.4.